The van der Waals surface area contributed by atoms with E-state index in [1.807, 2.05) is 13.8 Å². The molecule has 64 valence electrons. The number of hydrogen-bond acceptors (Lipinski definition) is 2. The first kappa shape index (κ1) is 8.46. The summed E-state index contributed by atoms with van der Waals surface area (Å²) in [5, 5.41) is 1.44. The van der Waals surface area contributed by atoms with Gasteiger partial charge >= 0.3 is 0 Å². The van der Waals surface area contributed by atoms with E-state index in [9.17, 15) is 8.78 Å². The maximum absolute atomic E-state index is 12.9. The topological polar surface area (TPSA) is 15.3 Å². The van der Waals surface area contributed by atoms with Crippen LogP contribution in [0.5, 0.6) is 0 Å². The lowest BCUT2D eigenvalue weighted by Gasteiger charge is -2.22. The van der Waals surface area contributed by atoms with Crippen molar-refractivity contribution < 1.29 is 8.78 Å². The summed E-state index contributed by atoms with van der Waals surface area (Å²) in [4.78, 5) is 0. The molecule has 0 amide bonds. The Morgan fingerprint density at radius 2 is 2.00 bits per heavy atom. The van der Waals surface area contributed by atoms with Crippen LogP contribution in [0.4, 0.5) is 8.78 Å². The number of hydrogen-bond donors (Lipinski definition) is 1. The monoisotopic (exact) mass is 162 g/mol. The second kappa shape index (κ2) is 2.77. The zero-order chi connectivity index (χ0) is 8.59. The summed E-state index contributed by atoms with van der Waals surface area (Å²) in [6.07, 6.45) is 0. The fourth-order valence-electron chi connectivity index (χ4n) is 1.32. The lowest BCUT2D eigenvalue weighted by atomic mass is 10.0. The molecule has 4 heteroatoms. The van der Waals surface area contributed by atoms with Crippen LogP contribution in [0.15, 0.2) is 11.8 Å². The molecule has 0 saturated heterocycles. The highest BCUT2D eigenvalue weighted by atomic mass is 19.2. The van der Waals surface area contributed by atoms with Gasteiger partial charge in [-0.05, 0) is 5.92 Å². The number of nitrogens with one attached hydrogen (secondary N) is 1. The van der Waals surface area contributed by atoms with Gasteiger partial charge in [-0.15, -0.1) is 0 Å². The highest BCUT2D eigenvalue weighted by molar-refractivity contribution is 5.12. The van der Waals surface area contributed by atoms with Gasteiger partial charge in [-0.1, -0.05) is 13.8 Å². The van der Waals surface area contributed by atoms with Crippen molar-refractivity contribution in [2.24, 2.45) is 5.92 Å². The molecular weight excluding hydrogens is 150 g/mol. The van der Waals surface area contributed by atoms with Crippen molar-refractivity contribution in [3.05, 3.63) is 11.8 Å². The van der Waals surface area contributed by atoms with E-state index in [0.29, 0.717) is 0 Å². The summed E-state index contributed by atoms with van der Waals surface area (Å²) in [7, 11) is 1.62. The van der Waals surface area contributed by atoms with Gasteiger partial charge in [-0.2, -0.15) is 4.39 Å². The van der Waals surface area contributed by atoms with Crippen molar-refractivity contribution in [1.82, 2.24) is 10.4 Å². The number of hydrazine groups is 1. The normalized spacial score (nSPS) is 26.5. The first-order chi connectivity index (χ1) is 5.04. The maximum atomic E-state index is 12.9. The van der Waals surface area contributed by atoms with E-state index in [1.165, 1.54) is 5.01 Å². The van der Waals surface area contributed by atoms with E-state index >= 15 is 0 Å². The summed E-state index contributed by atoms with van der Waals surface area (Å²) in [6.45, 7) is 3.70. The van der Waals surface area contributed by atoms with Crippen LogP contribution in [0.1, 0.15) is 13.8 Å². The Morgan fingerprint density at radius 1 is 1.45 bits per heavy atom. The van der Waals surface area contributed by atoms with Crippen LogP contribution in [0, 0.1) is 5.92 Å². The minimum absolute atomic E-state index is 0.0701. The number of rotatable bonds is 1. The van der Waals surface area contributed by atoms with Gasteiger partial charge in [0.1, 0.15) is 0 Å². The summed E-state index contributed by atoms with van der Waals surface area (Å²) >= 11 is 0. The van der Waals surface area contributed by atoms with Crippen LogP contribution in [0.3, 0.4) is 0 Å². The zero-order valence-corrected chi connectivity index (χ0v) is 6.86. The second-order valence-corrected chi connectivity index (χ2v) is 3.07. The van der Waals surface area contributed by atoms with Gasteiger partial charge in [0, 0.05) is 7.05 Å². The van der Waals surface area contributed by atoms with Crippen LogP contribution in [0.25, 0.3) is 0 Å². The molecule has 1 N–H and O–H groups in total. The van der Waals surface area contributed by atoms with E-state index in [4.69, 9.17) is 0 Å². The van der Waals surface area contributed by atoms with Crippen LogP contribution in [-0.4, -0.2) is 18.1 Å². The molecule has 0 aromatic heterocycles. The van der Waals surface area contributed by atoms with Crippen molar-refractivity contribution in [3.63, 3.8) is 0 Å². The van der Waals surface area contributed by atoms with E-state index in [0.717, 1.165) is 0 Å². The van der Waals surface area contributed by atoms with Gasteiger partial charge in [-0.25, -0.2) is 9.40 Å². The van der Waals surface area contributed by atoms with Crippen LogP contribution in [-0.2, 0) is 0 Å². The Balaban J connectivity index is 2.79. The van der Waals surface area contributed by atoms with Crippen molar-refractivity contribution in [2.75, 3.05) is 7.05 Å². The number of nitrogens with zero attached hydrogens (tertiary/aromatic N) is 1. The average Bonchev–Trinajstić information content (AvgIpc) is 2.07. The van der Waals surface area contributed by atoms with Gasteiger partial charge in [0.15, 0.2) is 5.83 Å². The minimum Gasteiger partial charge on any atom is -0.292 e. The molecule has 0 aliphatic carbocycles. The molecule has 11 heavy (non-hydrogen) atoms. The highest BCUT2D eigenvalue weighted by Gasteiger charge is 2.33. The van der Waals surface area contributed by atoms with Crippen molar-refractivity contribution in [3.8, 4) is 0 Å². The summed E-state index contributed by atoms with van der Waals surface area (Å²) in [6, 6.07) is -0.463. The second-order valence-electron chi connectivity index (χ2n) is 3.07. The molecule has 0 spiro atoms. The molecule has 1 heterocycles. The first-order valence-electron chi connectivity index (χ1n) is 3.58. The van der Waals surface area contributed by atoms with E-state index in [-0.39, 0.29) is 5.92 Å². The Hall–Kier alpha value is -0.640. The Labute approximate surface area is 64.8 Å². The molecule has 0 aromatic rings. The number of likely N-dealkylation sites (N-methyl/N-ethyl adjacent to an activating group) is 1. The lowest BCUT2D eigenvalue weighted by molar-refractivity contribution is 0.180. The summed E-state index contributed by atoms with van der Waals surface area (Å²) in [5.74, 6) is -1.48. The average molecular weight is 162 g/mol. The predicted octanol–water partition coefficient (Wildman–Crippen LogP) is 1.57. The SMILES string of the molecule is CC(C)C1C(F)=C(F)NN1C. The third kappa shape index (κ3) is 1.35. The molecular formula is C7H12F2N2. The predicted molar refractivity (Wildman–Crippen MR) is 38.8 cm³/mol. The molecule has 2 nitrogen and oxygen atoms in total. The minimum atomic E-state index is -0.855. The molecule has 1 aliphatic heterocycles. The smallest absolute Gasteiger partial charge is 0.234 e. The molecule has 1 atom stereocenters. The Bertz CT molecular complexity index is 189. The first-order valence-corrected chi connectivity index (χ1v) is 3.58. The molecule has 0 fully saturated rings. The third-order valence-electron chi connectivity index (χ3n) is 1.79. The molecule has 0 aromatic carbocycles. The Morgan fingerprint density at radius 3 is 2.18 bits per heavy atom. The van der Waals surface area contributed by atoms with Gasteiger partial charge in [0.25, 0.3) is 0 Å². The fraction of sp³-hybridized carbons (Fsp3) is 0.714. The summed E-state index contributed by atoms with van der Waals surface area (Å²) < 4.78 is 25.4. The van der Waals surface area contributed by atoms with Crippen LogP contribution >= 0.6 is 0 Å². The molecule has 1 unspecified atom stereocenters. The zero-order valence-electron chi connectivity index (χ0n) is 6.86. The van der Waals surface area contributed by atoms with E-state index in [1.54, 1.807) is 7.05 Å². The molecule has 0 bridgehead atoms. The highest BCUT2D eigenvalue weighted by Crippen LogP contribution is 2.26. The molecule has 1 aliphatic rings. The molecule has 1 rings (SSSR count). The molecule has 0 radical (unpaired) electrons. The van der Waals surface area contributed by atoms with Gasteiger partial charge in [-0.3, -0.25) is 5.43 Å². The maximum Gasteiger partial charge on any atom is 0.234 e. The fourth-order valence-corrected chi connectivity index (χ4v) is 1.32. The van der Waals surface area contributed by atoms with Crippen molar-refractivity contribution in [2.45, 2.75) is 19.9 Å². The number of halogens is 2. The third-order valence-corrected chi connectivity index (χ3v) is 1.79. The van der Waals surface area contributed by atoms with E-state index in [2.05, 4.69) is 5.43 Å². The largest absolute Gasteiger partial charge is 0.292 e. The van der Waals surface area contributed by atoms with Crippen molar-refractivity contribution in [1.29, 1.82) is 0 Å². The Kier molecular flexibility index (Phi) is 2.13. The van der Waals surface area contributed by atoms with Gasteiger partial charge in [0.05, 0.1) is 6.04 Å². The lowest BCUT2D eigenvalue weighted by Crippen LogP contribution is -2.38. The summed E-state index contributed by atoms with van der Waals surface area (Å²) in [5.41, 5.74) is 2.27. The van der Waals surface area contributed by atoms with E-state index < -0.39 is 17.8 Å². The van der Waals surface area contributed by atoms with Gasteiger partial charge < -0.3 is 0 Å². The quantitative estimate of drug-likeness (QED) is 0.589. The van der Waals surface area contributed by atoms with Crippen LogP contribution in [0.2, 0.25) is 0 Å². The standard InChI is InChI=1S/C7H12F2N2/c1-4(2)6-5(8)7(9)10-11(6)3/h4,6,10H,1-3H3. The van der Waals surface area contributed by atoms with Crippen molar-refractivity contribution >= 4 is 0 Å². The van der Waals surface area contributed by atoms with Gasteiger partial charge in [0.2, 0.25) is 5.95 Å². The van der Waals surface area contributed by atoms with Crippen LogP contribution < -0.4 is 5.43 Å². The molecule has 0 saturated carbocycles.